The second-order valence-electron chi connectivity index (χ2n) is 3.09. The highest BCUT2D eigenvalue weighted by atomic mass is 16.6. The third-order valence-corrected chi connectivity index (χ3v) is 2.40. The van der Waals surface area contributed by atoms with Gasteiger partial charge in [-0.15, -0.1) is 0 Å². The standard InChI is InChI=1S/C8H14O5/c1-8(12-3)6(11-2)5(4-9)13-7(8)10/h5-6,9H,4H2,1-3H3/t5-,6-,8-/m1/s1. The Balaban J connectivity index is 2.89. The van der Waals surface area contributed by atoms with Gasteiger partial charge in [0, 0.05) is 14.2 Å². The SMILES string of the molecule is CO[C@@H]1[C@@H](CO)OC(=O)[C@]1(C)OC. The van der Waals surface area contributed by atoms with Gasteiger partial charge < -0.3 is 19.3 Å². The molecule has 0 aromatic carbocycles. The lowest BCUT2D eigenvalue weighted by molar-refractivity contribution is -0.159. The molecule has 5 heteroatoms. The molecule has 1 heterocycles. The van der Waals surface area contributed by atoms with E-state index in [1.54, 1.807) is 6.92 Å². The van der Waals surface area contributed by atoms with Gasteiger partial charge in [0.2, 0.25) is 0 Å². The number of carbonyl (C=O) groups excluding carboxylic acids is 1. The van der Waals surface area contributed by atoms with E-state index in [0.29, 0.717) is 0 Å². The van der Waals surface area contributed by atoms with Crippen LogP contribution in [0.15, 0.2) is 0 Å². The van der Waals surface area contributed by atoms with E-state index >= 15 is 0 Å². The first-order chi connectivity index (χ1) is 6.10. The van der Waals surface area contributed by atoms with Crippen molar-refractivity contribution >= 4 is 5.97 Å². The molecule has 0 aromatic rings. The molecule has 0 spiro atoms. The van der Waals surface area contributed by atoms with Crippen molar-refractivity contribution in [3.8, 4) is 0 Å². The molecule has 13 heavy (non-hydrogen) atoms. The maximum atomic E-state index is 11.3. The highest BCUT2D eigenvalue weighted by Gasteiger charge is 2.55. The van der Waals surface area contributed by atoms with E-state index in [1.165, 1.54) is 14.2 Å². The van der Waals surface area contributed by atoms with E-state index < -0.39 is 23.8 Å². The number of esters is 1. The number of cyclic esters (lactones) is 1. The molecule has 5 nitrogen and oxygen atoms in total. The monoisotopic (exact) mass is 190 g/mol. The first-order valence-corrected chi connectivity index (χ1v) is 4.00. The summed E-state index contributed by atoms with van der Waals surface area (Å²) in [6, 6.07) is 0. The lowest BCUT2D eigenvalue weighted by Crippen LogP contribution is -2.46. The first-order valence-electron chi connectivity index (χ1n) is 4.00. The van der Waals surface area contributed by atoms with Gasteiger partial charge in [-0.05, 0) is 6.92 Å². The second kappa shape index (κ2) is 3.61. The molecular formula is C8H14O5. The minimum Gasteiger partial charge on any atom is -0.455 e. The van der Waals surface area contributed by atoms with E-state index in [2.05, 4.69) is 0 Å². The zero-order chi connectivity index (χ0) is 10.1. The van der Waals surface area contributed by atoms with Crippen molar-refractivity contribution in [2.75, 3.05) is 20.8 Å². The van der Waals surface area contributed by atoms with Crippen LogP contribution in [0.2, 0.25) is 0 Å². The van der Waals surface area contributed by atoms with E-state index in [4.69, 9.17) is 19.3 Å². The molecule has 1 fully saturated rings. The van der Waals surface area contributed by atoms with E-state index in [1.807, 2.05) is 0 Å². The topological polar surface area (TPSA) is 65.0 Å². The summed E-state index contributed by atoms with van der Waals surface area (Å²) in [4.78, 5) is 11.3. The lowest BCUT2D eigenvalue weighted by Gasteiger charge is -2.25. The van der Waals surface area contributed by atoms with Gasteiger partial charge >= 0.3 is 5.97 Å². The number of aliphatic hydroxyl groups is 1. The van der Waals surface area contributed by atoms with Gasteiger partial charge in [0.1, 0.15) is 6.10 Å². The number of rotatable bonds is 3. The number of hydrogen-bond acceptors (Lipinski definition) is 5. The van der Waals surface area contributed by atoms with Crippen molar-refractivity contribution in [3.05, 3.63) is 0 Å². The molecule has 0 amide bonds. The molecule has 1 saturated heterocycles. The summed E-state index contributed by atoms with van der Waals surface area (Å²) in [6.45, 7) is 1.32. The summed E-state index contributed by atoms with van der Waals surface area (Å²) in [5.74, 6) is -0.499. The van der Waals surface area contributed by atoms with Gasteiger partial charge in [0.05, 0.1) is 6.61 Å². The van der Waals surface area contributed by atoms with Crippen molar-refractivity contribution in [2.45, 2.75) is 24.7 Å². The van der Waals surface area contributed by atoms with Crippen LogP contribution in [0.5, 0.6) is 0 Å². The predicted molar refractivity (Wildman–Crippen MR) is 43.2 cm³/mol. The summed E-state index contributed by atoms with van der Waals surface area (Å²) >= 11 is 0. The van der Waals surface area contributed by atoms with Gasteiger partial charge in [0.15, 0.2) is 11.7 Å². The Hall–Kier alpha value is -0.650. The van der Waals surface area contributed by atoms with Crippen molar-refractivity contribution in [1.82, 2.24) is 0 Å². The highest BCUT2D eigenvalue weighted by Crippen LogP contribution is 2.30. The number of carbonyl (C=O) groups is 1. The van der Waals surface area contributed by atoms with Gasteiger partial charge in [-0.25, -0.2) is 4.79 Å². The van der Waals surface area contributed by atoms with E-state index in [0.717, 1.165) is 0 Å². The molecule has 76 valence electrons. The summed E-state index contributed by atoms with van der Waals surface area (Å²) in [7, 11) is 2.86. The molecule has 0 radical (unpaired) electrons. The van der Waals surface area contributed by atoms with Gasteiger partial charge in [0.25, 0.3) is 0 Å². The Labute approximate surface area is 76.6 Å². The number of hydrogen-bond donors (Lipinski definition) is 1. The van der Waals surface area contributed by atoms with Gasteiger partial charge in [-0.1, -0.05) is 0 Å². The molecule has 0 saturated carbocycles. The van der Waals surface area contributed by atoms with Crippen LogP contribution in [-0.4, -0.2) is 49.7 Å². The fourth-order valence-corrected chi connectivity index (χ4v) is 1.50. The summed E-state index contributed by atoms with van der Waals surface area (Å²) in [5.41, 5.74) is -1.11. The molecule has 1 rings (SSSR count). The Bertz CT molecular complexity index is 205. The van der Waals surface area contributed by atoms with Crippen LogP contribution in [-0.2, 0) is 19.0 Å². The molecule has 1 N–H and O–H groups in total. The molecule has 0 aliphatic carbocycles. The molecular weight excluding hydrogens is 176 g/mol. The zero-order valence-electron chi connectivity index (χ0n) is 7.94. The molecule has 1 aliphatic rings. The Morgan fingerprint density at radius 2 is 2.23 bits per heavy atom. The summed E-state index contributed by atoms with van der Waals surface area (Å²) < 4.78 is 15.0. The summed E-state index contributed by atoms with van der Waals surface area (Å²) in [6.07, 6.45) is -1.20. The third-order valence-electron chi connectivity index (χ3n) is 2.40. The first kappa shape index (κ1) is 10.4. The Morgan fingerprint density at radius 3 is 2.62 bits per heavy atom. The number of methoxy groups -OCH3 is 2. The Morgan fingerprint density at radius 1 is 1.62 bits per heavy atom. The fourth-order valence-electron chi connectivity index (χ4n) is 1.50. The quantitative estimate of drug-likeness (QED) is 0.597. The van der Waals surface area contributed by atoms with Crippen LogP contribution in [0.1, 0.15) is 6.92 Å². The van der Waals surface area contributed by atoms with E-state index in [9.17, 15) is 4.79 Å². The molecule has 0 unspecified atom stereocenters. The molecule has 3 atom stereocenters. The van der Waals surface area contributed by atoms with Crippen LogP contribution < -0.4 is 0 Å². The van der Waals surface area contributed by atoms with Crippen LogP contribution in [0.25, 0.3) is 0 Å². The average Bonchev–Trinajstić information content (AvgIpc) is 2.39. The highest BCUT2D eigenvalue weighted by molar-refractivity contribution is 5.82. The summed E-state index contributed by atoms with van der Waals surface area (Å²) in [5, 5.41) is 8.90. The fraction of sp³-hybridized carbons (Fsp3) is 0.875. The van der Waals surface area contributed by atoms with Crippen molar-refractivity contribution in [2.24, 2.45) is 0 Å². The number of ether oxygens (including phenoxy) is 3. The minimum absolute atomic E-state index is 0.261. The molecule has 0 bridgehead atoms. The van der Waals surface area contributed by atoms with Crippen molar-refractivity contribution in [3.63, 3.8) is 0 Å². The molecule has 0 aromatic heterocycles. The molecule has 1 aliphatic heterocycles. The smallest absolute Gasteiger partial charge is 0.341 e. The average molecular weight is 190 g/mol. The maximum Gasteiger partial charge on any atom is 0.341 e. The Kier molecular flexibility index (Phi) is 2.90. The van der Waals surface area contributed by atoms with Crippen molar-refractivity contribution < 1.29 is 24.1 Å². The normalized spacial score (nSPS) is 39.2. The largest absolute Gasteiger partial charge is 0.455 e. The second-order valence-corrected chi connectivity index (χ2v) is 3.09. The van der Waals surface area contributed by atoms with Gasteiger partial charge in [-0.2, -0.15) is 0 Å². The number of aliphatic hydroxyl groups excluding tert-OH is 1. The van der Waals surface area contributed by atoms with Crippen LogP contribution in [0.4, 0.5) is 0 Å². The van der Waals surface area contributed by atoms with Crippen LogP contribution in [0, 0.1) is 0 Å². The predicted octanol–water partition coefficient (Wildman–Crippen LogP) is -0.676. The van der Waals surface area contributed by atoms with Crippen molar-refractivity contribution in [1.29, 1.82) is 0 Å². The lowest BCUT2D eigenvalue weighted by atomic mass is 9.98. The van der Waals surface area contributed by atoms with Crippen LogP contribution in [0.3, 0.4) is 0 Å². The minimum atomic E-state index is -1.11. The zero-order valence-corrected chi connectivity index (χ0v) is 7.94. The van der Waals surface area contributed by atoms with Crippen LogP contribution >= 0.6 is 0 Å². The van der Waals surface area contributed by atoms with Gasteiger partial charge in [-0.3, -0.25) is 0 Å². The third kappa shape index (κ3) is 1.43. The maximum absolute atomic E-state index is 11.3. The van der Waals surface area contributed by atoms with E-state index in [-0.39, 0.29) is 6.61 Å².